The van der Waals surface area contributed by atoms with Crippen LogP contribution in [0.1, 0.15) is 13.3 Å². The molecule has 0 aliphatic heterocycles. The van der Waals surface area contributed by atoms with Crippen LogP contribution in [0.3, 0.4) is 0 Å². The highest BCUT2D eigenvalue weighted by Gasteiger charge is 2.09. The Morgan fingerprint density at radius 3 is 2.78 bits per heavy atom. The van der Waals surface area contributed by atoms with E-state index in [-0.39, 0.29) is 17.8 Å². The number of hydrogen-bond donors (Lipinski definition) is 2. The summed E-state index contributed by atoms with van der Waals surface area (Å²) in [7, 11) is 0. The van der Waals surface area contributed by atoms with Crippen LogP contribution in [0.4, 0.5) is 10.1 Å². The normalized spacial score (nSPS) is 11.7. The standard InChI is InChI=1S/C17H20FN3O2/c1-13(20-9-10-23-16-3-2-8-19-12-16)11-17(22)21-15-6-4-14(18)5-7-15/h2-8,12-13,20H,9-11H2,1H3,(H,21,22). The number of benzene rings is 1. The number of pyridine rings is 1. The van der Waals surface area contributed by atoms with Crippen LogP contribution >= 0.6 is 0 Å². The van der Waals surface area contributed by atoms with Gasteiger partial charge >= 0.3 is 0 Å². The van der Waals surface area contributed by atoms with Crippen LogP contribution in [0.2, 0.25) is 0 Å². The molecule has 1 unspecified atom stereocenters. The van der Waals surface area contributed by atoms with Crippen LogP contribution < -0.4 is 15.4 Å². The zero-order valence-electron chi connectivity index (χ0n) is 13.0. The second-order valence-corrected chi connectivity index (χ2v) is 5.15. The lowest BCUT2D eigenvalue weighted by Gasteiger charge is -2.14. The predicted octanol–water partition coefficient (Wildman–Crippen LogP) is 2.61. The van der Waals surface area contributed by atoms with Crippen molar-refractivity contribution < 1.29 is 13.9 Å². The lowest BCUT2D eigenvalue weighted by Crippen LogP contribution is -2.33. The SMILES string of the molecule is CC(CC(=O)Nc1ccc(F)cc1)NCCOc1cccnc1. The molecule has 0 fully saturated rings. The monoisotopic (exact) mass is 317 g/mol. The third-order valence-corrected chi connectivity index (χ3v) is 3.12. The van der Waals surface area contributed by atoms with E-state index in [0.717, 1.165) is 5.75 Å². The molecule has 1 aromatic heterocycles. The molecule has 23 heavy (non-hydrogen) atoms. The van der Waals surface area contributed by atoms with Gasteiger partial charge in [0.05, 0.1) is 6.20 Å². The van der Waals surface area contributed by atoms with E-state index in [1.807, 2.05) is 19.1 Å². The minimum atomic E-state index is -0.327. The smallest absolute Gasteiger partial charge is 0.225 e. The largest absolute Gasteiger partial charge is 0.491 e. The zero-order valence-corrected chi connectivity index (χ0v) is 13.0. The first kappa shape index (κ1) is 16.9. The molecule has 1 heterocycles. The summed E-state index contributed by atoms with van der Waals surface area (Å²) in [5.41, 5.74) is 0.587. The highest BCUT2D eigenvalue weighted by molar-refractivity contribution is 5.91. The maximum atomic E-state index is 12.8. The van der Waals surface area contributed by atoms with Gasteiger partial charge < -0.3 is 15.4 Å². The van der Waals surface area contributed by atoms with Crippen molar-refractivity contribution in [1.82, 2.24) is 10.3 Å². The molecule has 0 saturated carbocycles. The highest BCUT2D eigenvalue weighted by Crippen LogP contribution is 2.09. The summed E-state index contributed by atoms with van der Waals surface area (Å²) in [6, 6.07) is 9.35. The molecule has 6 heteroatoms. The third-order valence-electron chi connectivity index (χ3n) is 3.12. The summed E-state index contributed by atoms with van der Waals surface area (Å²) < 4.78 is 18.3. The lowest BCUT2D eigenvalue weighted by molar-refractivity contribution is -0.116. The number of hydrogen-bond acceptors (Lipinski definition) is 4. The quantitative estimate of drug-likeness (QED) is 0.735. The van der Waals surface area contributed by atoms with Crippen LogP contribution in [-0.2, 0) is 4.79 Å². The average Bonchev–Trinajstić information content (AvgIpc) is 2.55. The number of amides is 1. The summed E-state index contributed by atoms with van der Waals surface area (Å²) >= 11 is 0. The van der Waals surface area contributed by atoms with Crippen molar-refractivity contribution in [2.75, 3.05) is 18.5 Å². The number of ether oxygens (including phenoxy) is 1. The molecule has 0 aliphatic carbocycles. The summed E-state index contributed by atoms with van der Waals surface area (Å²) in [4.78, 5) is 15.8. The van der Waals surface area contributed by atoms with Gasteiger partial charge in [0.15, 0.2) is 0 Å². The number of halogens is 1. The number of carbonyl (C=O) groups excluding carboxylic acids is 1. The van der Waals surface area contributed by atoms with E-state index in [2.05, 4.69) is 15.6 Å². The molecule has 0 radical (unpaired) electrons. The number of nitrogens with one attached hydrogen (secondary N) is 2. The summed E-state index contributed by atoms with van der Waals surface area (Å²) in [5, 5.41) is 5.94. The van der Waals surface area contributed by atoms with Crippen LogP contribution in [0.25, 0.3) is 0 Å². The van der Waals surface area contributed by atoms with Gasteiger partial charge in [-0.05, 0) is 43.3 Å². The van der Waals surface area contributed by atoms with Crippen molar-refractivity contribution in [2.45, 2.75) is 19.4 Å². The van der Waals surface area contributed by atoms with Gasteiger partial charge in [-0.15, -0.1) is 0 Å². The Morgan fingerprint density at radius 1 is 1.30 bits per heavy atom. The van der Waals surface area contributed by atoms with Crippen LogP contribution in [-0.4, -0.2) is 30.1 Å². The minimum absolute atomic E-state index is 0.00736. The Kier molecular flexibility index (Phi) is 6.50. The van der Waals surface area contributed by atoms with E-state index >= 15 is 0 Å². The Morgan fingerprint density at radius 2 is 2.09 bits per heavy atom. The van der Waals surface area contributed by atoms with Crippen molar-refractivity contribution in [3.63, 3.8) is 0 Å². The van der Waals surface area contributed by atoms with Gasteiger partial charge in [-0.25, -0.2) is 4.39 Å². The molecule has 0 saturated heterocycles. The van der Waals surface area contributed by atoms with E-state index in [1.165, 1.54) is 24.3 Å². The third kappa shape index (κ3) is 6.44. The van der Waals surface area contributed by atoms with E-state index in [0.29, 0.717) is 25.3 Å². The van der Waals surface area contributed by atoms with Crippen molar-refractivity contribution in [3.05, 3.63) is 54.6 Å². The summed E-state index contributed by atoms with van der Waals surface area (Å²) in [6.07, 6.45) is 3.66. The molecule has 122 valence electrons. The van der Waals surface area contributed by atoms with Gasteiger partial charge in [-0.2, -0.15) is 0 Å². The second kappa shape index (κ2) is 8.85. The number of nitrogens with zero attached hydrogens (tertiary/aromatic N) is 1. The van der Waals surface area contributed by atoms with Crippen molar-refractivity contribution in [2.24, 2.45) is 0 Å². The van der Waals surface area contributed by atoms with Gasteiger partial charge in [0.25, 0.3) is 0 Å². The topological polar surface area (TPSA) is 63.2 Å². The maximum absolute atomic E-state index is 12.8. The fraction of sp³-hybridized carbons (Fsp3) is 0.294. The lowest BCUT2D eigenvalue weighted by atomic mass is 10.2. The zero-order chi connectivity index (χ0) is 16.5. The molecule has 2 aromatic rings. The average molecular weight is 317 g/mol. The van der Waals surface area contributed by atoms with Crippen molar-refractivity contribution >= 4 is 11.6 Å². The molecular formula is C17H20FN3O2. The van der Waals surface area contributed by atoms with Crippen molar-refractivity contribution in [1.29, 1.82) is 0 Å². The van der Waals surface area contributed by atoms with Gasteiger partial charge in [-0.1, -0.05) is 0 Å². The first-order valence-electron chi connectivity index (χ1n) is 7.45. The van der Waals surface area contributed by atoms with Crippen molar-refractivity contribution in [3.8, 4) is 5.75 Å². The fourth-order valence-corrected chi connectivity index (χ4v) is 2.00. The molecular weight excluding hydrogens is 297 g/mol. The maximum Gasteiger partial charge on any atom is 0.225 e. The van der Waals surface area contributed by atoms with Gasteiger partial charge in [0, 0.05) is 30.9 Å². The number of anilines is 1. The van der Waals surface area contributed by atoms with E-state index < -0.39 is 0 Å². The Hall–Kier alpha value is -2.47. The van der Waals surface area contributed by atoms with Crippen LogP contribution in [0.15, 0.2) is 48.8 Å². The van der Waals surface area contributed by atoms with E-state index in [4.69, 9.17) is 4.74 Å². The molecule has 0 spiro atoms. The second-order valence-electron chi connectivity index (χ2n) is 5.15. The molecule has 2 N–H and O–H groups in total. The number of rotatable bonds is 8. The fourth-order valence-electron chi connectivity index (χ4n) is 2.00. The molecule has 0 aliphatic rings. The molecule has 1 aromatic carbocycles. The summed E-state index contributed by atoms with van der Waals surface area (Å²) in [6.45, 7) is 3.05. The molecule has 5 nitrogen and oxygen atoms in total. The highest BCUT2D eigenvalue weighted by atomic mass is 19.1. The minimum Gasteiger partial charge on any atom is -0.491 e. The summed E-state index contributed by atoms with van der Waals surface area (Å²) in [5.74, 6) is 0.271. The van der Waals surface area contributed by atoms with Gasteiger partial charge in [0.1, 0.15) is 18.2 Å². The molecule has 1 atom stereocenters. The Labute approximate surface area is 134 Å². The number of carbonyl (C=O) groups is 1. The van der Waals surface area contributed by atoms with Gasteiger partial charge in [-0.3, -0.25) is 9.78 Å². The van der Waals surface area contributed by atoms with Gasteiger partial charge in [0.2, 0.25) is 5.91 Å². The van der Waals surface area contributed by atoms with E-state index in [9.17, 15) is 9.18 Å². The first-order chi connectivity index (χ1) is 11.1. The Balaban J connectivity index is 1.63. The Bertz CT molecular complexity index is 605. The predicted molar refractivity (Wildman–Crippen MR) is 86.8 cm³/mol. The molecule has 0 bridgehead atoms. The van der Waals surface area contributed by atoms with Crippen LogP contribution in [0, 0.1) is 5.82 Å². The number of aromatic nitrogens is 1. The first-order valence-corrected chi connectivity index (χ1v) is 7.45. The molecule has 1 amide bonds. The van der Waals surface area contributed by atoms with Crippen LogP contribution in [0.5, 0.6) is 5.75 Å². The molecule has 2 rings (SSSR count). The van der Waals surface area contributed by atoms with E-state index in [1.54, 1.807) is 12.4 Å².